The first-order valence-corrected chi connectivity index (χ1v) is 23.2. The summed E-state index contributed by atoms with van der Waals surface area (Å²) in [4.78, 5) is 4.65. The summed E-state index contributed by atoms with van der Waals surface area (Å²) in [5.74, 6) is 0. The second-order valence-electron chi connectivity index (χ2n) is 17.0. The molecule has 0 N–H and O–H groups in total. The Balaban J connectivity index is 0.847. The zero-order chi connectivity index (χ0) is 45.5. The zero-order valence-electron chi connectivity index (χ0n) is 37.6. The normalized spacial score (nSPS) is 10.9. The predicted octanol–water partition coefficient (Wildman–Crippen LogP) is 18.6. The first-order valence-electron chi connectivity index (χ1n) is 23.2. The van der Waals surface area contributed by atoms with Gasteiger partial charge >= 0.3 is 0 Å². The number of rotatable bonds is 12. The second-order valence-corrected chi connectivity index (χ2v) is 17.0. The molecule has 0 heterocycles. The molecule has 0 radical (unpaired) electrons. The van der Waals surface area contributed by atoms with Crippen LogP contribution in [0, 0.1) is 0 Å². The van der Waals surface area contributed by atoms with E-state index >= 15 is 0 Å². The predicted molar refractivity (Wildman–Crippen MR) is 288 cm³/mol. The largest absolute Gasteiger partial charge is 0.311 e. The molecule has 0 bridgehead atoms. The van der Waals surface area contributed by atoms with Crippen molar-refractivity contribution in [2.45, 2.75) is 0 Å². The molecule has 0 atom stereocenters. The summed E-state index contributed by atoms with van der Waals surface area (Å²) in [6.45, 7) is 0. The van der Waals surface area contributed by atoms with Crippen LogP contribution >= 0.6 is 0 Å². The summed E-state index contributed by atoms with van der Waals surface area (Å²) in [7, 11) is 0. The Morgan fingerprint density at radius 1 is 0.132 bits per heavy atom. The van der Waals surface area contributed by atoms with Crippen LogP contribution in [0.2, 0.25) is 0 Å². The highest BCUT2D eigenvalue weighted by molar-refractivity contribution is 5.83. The van der Waals surface area contributed by atoms with Gasteiger partial charge in [0.1, 0.15) is 0 Å². The van der Waals surface area contributed by atoms with E-state index in [0.29, 0.717) is 0 Å². The van der Waals surface area contributed by atoms with Gasteiger partial charge in [-0.1, -0.05) is 212 Å². The molecule has 0 unspecified atom stereocenters. The van der Waals surface area contributed by atoms with Crippen molar-refractivity contribution in [1.29, 1.82) is 0 Å². The van der Waals surface area contributed by atoms with Crippen LogP contribution in [0.3, 0.4) is 0 Å². The molecule has 0 aliphatic heterocycles. The third kappa shape index (κ3) is 9.00. The molecule has 0 aromatic heterocycles. The van der Waals surface area contributed by atoms with E-state index in [9.17, 15) is 0 Å². The van der Waals surface area contributed by atoms with Crippen LogP contribution in [0.4, 0.5) is 34.1 Å². The Hall–Kier alpha value is -8.98. The first kappa shape index (κ1) is 41.7. The highest BCUT2D eigenvalue weighted by atomic mass is 15.1. The van der Waals surface area contributed by atoms with E-state index in [1.165, 1.54) is 66.8 Å². The molecule has 11 aromatic rings. The van der Waals surface area contributed by atoms with Crippen molar-refractivity contribution in [3.8, 4) is 66.8 Å². The lowest BCUT2D eigenvalue weighted by Crippen LogP contribution is -2.09. The number of hydrogen-bond donors (Lipinski definition) is 0. The molecule has 0 amide bonds. The fraction of sp³-hybridized carbons (Fsp3) is 0. The van der Waals surface area contributed by atoms with Crippen molar-refractivity contribution in [1.82, 2.24) is 0 Å². The van der Waals surface area contributed by atoms with Crippen LogP contribution in [0.25, 0.3) is 66.8 Å². The van der Waals surface area contributed by atoms with Crippen LogP contribution in [-0.4, -0.2) is 0 Å². The minimum absolute atomic E-state index is 1.09. The van der Waals surface area contributed by atoms with Crippen molar-refractivity contribution in [2.75, 3.05) is 9.80 Å². The number of anilines is 6. The van der Waals surface area contributed by atoms with Gasteiger partial charge in [0.25, 0.3) is 0 Å². The molecular weight excluding hydrogens is 821 g/mol. The van der Waals surface area contributed by atoms with E-state index in [1.54, 1.807) is 0 Å². The molecule has 2 heteroatoms. The van der Waals surface area contributed by atoms with Crippen molar-refractivity contribution in [2.24, 2.45) is 0 Å². The Labute approximate surface area is 400 Å². The smallest absolute Gasteiger partial charge is 0.0462 e. The third-order valence-electron chi connectivity index (χ3n) is 12.7. The van der Waals surface area contributed by atoms with E-state index in [2.05, 4.69) is 301 Å². The summed E-state index contributed by atoms with van der Waals surface area (Å²) >= 11 is 0. The number of nitrogens with zero attached hydrogens (tertiary/aromatic N) is 2. The van der Waals surface area contributed by atoms with Gasteiger partial charge in [-0.15, -0.1) is 0 Å². The highest BCUT2D eigenvalue weighted by Gasteiger charge is 2.16. The highest BCUT2D eigenvalue weighted by Crippen LogP contribution is 2.40. The molecule has 11 aromatic carbocycles. The summed E-state index contributed by atoms with van der Waals surface area (Å²) in [6, 6.07) is 104. The quantitative estimate of drug-likeness (QED) is 0.121. The summed E-state index contributed by atoms with van der Waals surface area (Å²) in [6.07, 6.45) is 0. The van der Waals surface area contributed by atoms with Crippen molar-refractivity contribution >= 4 is 34.1 Å². The monoisotopic (exact) mass is 868 g/mol. The standard InChI is InChI=1S/C66H48N2/c1-5-14-49(15-6-1)54-28-38-62(39-29-54)67(61-22-11-4-12-23-61)63-42-32-56(33-43-63)52-24-26-53(27-25-52)57-34-44-65(45-35-57)68(64-40-30-55(31-41-64)50-16-7-2-8-17-50)66-46-36-58(37-47-66)60-21-13-20-59(48-60)51-18-9-3-10-19-51/h1-48H. The SMILES string of the molecule is c1ccc(-c2ccc(N(c3ccccc3)c3ccc(-c4ccc(-c5ccc(N(c6ccc(-c7ccccc7)cc6)c6ccc(-c7cccc(-c8ccccc8)c7)cc6)cc5)cc4)cc3)cc2)cc1. The molecule has 11 rings (SSSR count). The van der Waals surface area contributed by atoms with Crippen LogP contribution < -0.4 is 9.80 Å². The summed E-state index contributed by atoms with van der Waals surface area (Å²) < 4.78 is 0. The maximum Gasteiger partial charge on any atom is 0.0462 e. The lowest BCUT2D eigenvalue weighted by molar-refractivity contribution is 1.28. The molecule has 0 aliphatic carbocycles. The van der Waals surface area contributed by atoms with Gasteiger partial charge < -0.3 is 9.80 Å². The maximum absolute atomic E-state index is 2.34. The molecule has 0 spiro atoms. The van der Waals surface area contributed by atoms with Crippen molar-refractivity contribution in [3.63, 3.8) is 0 Å². The number of para-hydroxylation sites is 1. The molecule has 2 nitrogen and oxygen atoms in total. The zero-order valence-corrected chi connectivity index (χ0v) is 37.6. The van der Waals surface area contributed by atoms with E-state index in [1.807, 2.05) is 0 Å². The van der Waals surface area contributed by atoms with Gasteiger partial charge in [0.2, 0.25) is 0 Å². The Morgan fingerprint density at radius 3 is 0.588 bits per heavy atom. The second kappa shape index (κ2) is 19.2. The van der Waals surface area contributed by atoms with Gasteiger partial charge in [0.15, 0.2) is 0 Å². The van der Waals surface area contributed by atoms with Gasteiger partial charge in [0.05, 0.1) is 0 Å². The summed E-state index contributed by atoms with van der Waals surface area (Å²) in [5.41, 5.74) is 20.9. The lowest BCUT2D eigenvalue weighted by atomic mass is 9.98. The molecular formula is C66H48N2. The molecule has 0 saturated carbocycles. The number of benzene rings is 11. The average Bonchev–Trinajstić information content (AvgIpc) is 3.43. The molecule has 0 fully saturated rings. The van der Waals surface area contributed by atoms with E-state index < -0.39 is 0 Å². The minimum Gasteiger partial charge on any atom is -0.311 e. The van der Waals surface area contributed by atoms with Gasteiger partial charge in [-0.05, 0) is 146 Å². The van der Waals surface area contributed by atoms with E-state index in [0.717, 1.165) is 34.1 Å². The Morgan fingerprint density at radius 2 is 0.309 bits per heavy atom. The number of hydrogen-bond acceptors (Lipinski definition) is 2. The van der Waals surface area contributed by atoms with E-state index in [4.69, 9.17) is 0 Å². The summed E-state index contributed by atoms with van der Waals surface area (Å²) in [5, 5.41) is 0. The van der Waals surface area contributed by atoms with Gasteiger partial charge in [0, 0.05) is 34.1 Å². The van der Waals surface area contributed by atoms with Crippen molar-refractivity contribution < 1.29 is 0 Å². The first-order chi connectivity index (χ1) is 33.7. The Kier molecular flexibility index (Phi) is 11.8. The molecule has 68 heavy (non-hydrogen) atoms. The van der Waals surface area contributed by atoms with E-state index in [-0.39, 0.29) is 0 Å². The third-order valence-corrected chi connectivity index (χ3v) is 12.7. The Bertz CT molecular complexity index is 3350. The van der Waals surface area contributed by atoms with Crippen LogP contribution in [0.5, 0.6) is 0 Å². The topological polar surface area (TPSA) is 6.48 Å². The van der Waals surface area contributed by atoms with Gasteiger partial charge in [-0.2, -0.15) is 0 Å². The van der Waals surface area contributed by atoms with Crippen LogP contribution in [0.1, 0.15) is 0 Å². The fourth-order valence-electron chi connectivity index (χ4n) is 9.11. The molecule has 0 aliphatic rings. The average molecular weight is 869 g/mol. The maximum atomic E-state index is 2.34. The lowest BCUT2D eigenvalue weighted by Gasteiger charge is -2.26. The fourth-order valence-corrected chi connectivity index (χ4v) is 9.11. The molecule has 0 saturated heterocycles. The van der Waals surface area contributed by atoms with Crippen LogP contribution in [-0.2, 0) is 0 Å². The van der Waals surface area contributed by atoms with Crippen LogP contribution in [0.15, 0.2) is 291 Å². The van der Waals surface area contributed by atoms with Gasteiger partial charge in [-0.25, -0.2) is 0 Å². The van der Waals surface area contributed by atoms with Gasteiger partial charge in [-0.3, -0.25) is 0 Å². The minimum atomic E-state index is 1.09. The van der Waals surface area contributed by atoms with Crippen molar-refractivity contribution in [3.05, 3.63) is 291 Å². The molecule has 322 valence electrons.